The lowest BCUT2D eigenvalue weighted by Crippen LogP contribution is -2.36. The van der Waals surface area contributed by atoms with E-state index in [1.54, 1.807) is 6.20 Å². The van der Waals surface area contributed by atoms with Gasteiger partial charge in [0, 0.05) is 29.1 Å². The van der Waals surface area contributed by atoms with E-state index in [-0.39, 0.29) is 16.8 Å². The predicted octanol–water partition coefficient (Wildman–Crippen LogP) is 2.19. The van der Waals surface area contributed by atoms with Gasteiger partial charge in [0.25, 0.3) is 10.1 Å². The fraction of sp³-hybridized carbons (Fsp3) is 0.688. The molecule has 1 aromatic heterocycles. The van der Waals surface area contributed by atoms with Gasteiger partial charge >= 0.3 is 0 Å². The highest BCUT2D eigenvalue weighted by atomic mass is 32.2. The molecule has 3 fully saturated rings. The largest absolute Gasteiger partial charge is 0.374 e. The van der Waals surface area contributed by atoms with Crippen molar-refractivity contribution in [3.63, 3.8) is 0 Å². The molecule has 4 rings (SSSR count). The molecule has 2 aliphatic carbocycles. The summed E-state index contributed by atoms with van der Waals surface area (Å²) in [5.41, 5.74) is 0.643. The predicted molar refractivity (Wildman–Crippen MR) is 81.1 cm³/mol. The molecule has 5 nitrogen and oxygen atoms in total. The highest BCUT2D eigenvalue weighted by Gasteiger charge is 2.76. The van der Waals surface area contributed by atoms with Gasteiger partial charge < -0.3 is 4.74 Å². The van der Waals surface area contributed by atoms with Crippen LogP contribution in [0.3, 0.4) is 0 Å². The Balaban J connectivity index is 1.70. The highest BCUT2D eigenvalue weighted by molar-refractivity contribution is 7.85. The molecule has 1 spiro atoms. The Kier molecular flexibility index (Phi) is 3.16. The molecule has 0 bridgehead atoms. The molecule has 6 heteroatoms. The number of rotatable bonds is 4. The van der Waals surface area contributed by atoms with Crippen molar-refractivity contribution in [2.75, 3.05) is 12.4 Å². The SMILES string of the molecule is O=S(=O)(O)CCC1(c2ccccn2)C2COC3(CCCC3)C21. The van der Waals surface area contributed by atoms with Crippen LogP contribution in [0.5, 0.6) is 0 Å². The molecule has 0 radical (unpaired) electrons. The molecule has 2 saturated carbocycles. The maximum absolute atomic E-state index is 11.3. The van der Waals surface area contributed by atoms with Gasteiger partial charge in [-0.2, -0.15) is 8.42 Å². The van der Waals surface area contributed by atoms with E-state index in [0.29, 0.717) is 24.9 Å². The van der Waals surface area contributed by atoms with E-state index in [1.807, 2.05) is 18.2 Å². The summed E-state index contributed by atoms with van der Waals surface area (Å²) < 4.78 is 37.9. The van der Waals surface area contributed by atoms with Crippen molar-refractivity contribution in [1.29, 1.82) is 0 Å². The first-order chi connectivity index (χ1) is 10.5. The summed E-state index contributed by atoms with van der Waals surface area (Å²) >= 11 is 0. The van der Waals surface area contributed by atoms with E-state index in [1.165, 1.54) is 12.8 Å². The topological polar surface area (TPSA) is 76.5 Å². The Morgan fingerprint density at radius 2 is 2.09 bits per heavy atom. The molecule has 2 heterocycles. The zero-order chi connectivity index (χ0) is 15.4. The van der Waals surface area contributed by atoms with Crippen molar-refractivity contribution in [1.82, 2.24) is 4.98 Å². The Labute approximate surface area is 130 Å². The normalized spacial score (nSPS) is 35.7. The quantitative estimate of drug-likeness (QED) is 0.860. The van der Waals surface area contributed by atoms with Crippen LogP contribution in [0.1, 0.15) is 37.8 Å². The van der Waals surface area contributed by atoms with Gasteiger partial charge in [-0.1, -0.05) is 18.9 Å². The standard InChI is InChI=1S/C16H21NO4S/c18-22(19,20)10-8-16(13-5-1-4-9-17-13)12-11-21-15(14(12)16)6-2-3-7-15/h1,4-5,9,12,14H,2-3,6-8,10-11H2,(H,18,19,20). The van der Waals surface area contributed by atoms with E-state index in [4.69, 9.17) is 4.74 Å². The van der Waals surface area contributed by atoms with Crippen molar-refractivity contribution < 1.29 is 17.7 Å². The molecule has 3 unspecified atom stereocenters. The smallest absolute Gasteiger partial charge is 0.264 e. The Bertz CT molecular complexity index is 663. The maximum Gasteiger partial charge on any atom is 0.264 e. The van der Waals surface area contributed by atoms with Gasteiger partial charge in [-0.25, -0.2) is 0 Å². The molecule has 1 aliphatic heterocycles. The minimum absolute atomic E-state index is 0.0819. The van der Waals surface area contributed by atoms with E-state index in [9.17, 15) is 13.0 Å². The minimum atomic E-state index is -3.96. The molecule has 1 aromatic rings. The number of ether oxygens (including phenoxy) is 1. The van der Waals surface area contributed by atoms with E-state index >= 15 is 0 Å². The third-order valence-electron chi connectivity index (χ3n) is 5.99. The molecular weight excluding hydrogens is 302 g/mol. The molecule has 22 heavy (non-hydrogen) atoms. The first-order valence-electron chi connectivity index (χ1n) is 7.99. The summed E-state index contributed by atoms with van der Waals surface area (Å²) in [4.78, 5) is 4.52. The first kappa shape index (κ1) is 14.6. The van der Waals surface area contributed by atoms with Gasteiger partial charge in [0.1, 0.15) is 0 Å². The monoisotopic (exact) mass is 323 g/mol. The molecular formula is C16H21NO4S. The lowest BCUT2D eigenvalue weighted by atomic mass is 9.84. The van der Waals surface area contributed by atoms with Crippen LogP contribution in [0.2, 0.25) is 0 Å². The summed E-state index contributed by atoms with van der Waals surface area (Å²) in [6, 6.07) is 5.82. The van der Waals surface area contributed by atoms with Crippen molar-refractivity contribution in [2.45, 2.75) is 43.1 Å². The zero-order valence-corrected chi connectivity index (χ0v) is 13.3. The fourth-order valence-electron chi connectivity index (χ4n) is 5.13. The summed E-state index contributed by atoms with van der Waals surface area (Å²) in [6.07, 6.45) is 6.69. The lowest BCUT2D eigenvalue weighted by Gasteiger charge is -2.32. The molecule has 120 valence electrons. The van der Waals surface area contributed by atoms with Gasteiger partial charge in [0.05, 0.1) is 18.0 Å². The van der Waals surface area contributed by atoms with Gasteiger partial charge in [0.15, 0.2) is 0 Å². The number of aromatic nitrogens is 1. The second-order valence-corrected chi connectivity index (χ2v) is 8.53. The van der Waals surface area contributed by atoms with Crippen LogP contribution in [0.4, 0.5) is 0 Å². The van der Waals surface area contributed by atoms with Crippen molar-refractivity contribution in [3.8, 4) is 0 Å². The minimum Gasteiger partial charge on any atom is -0.374 e. The number of pyridine rings is 1. The summed E-state index contributed by atoms with van der Waals surface area (Å²) in [5, 5.41) is 0. The first-order valence-corrected chi connectivity index (χ1v) is 9.60. The summed E-state index contributed by atoms with van der Waals surface area (Å²) in [6.45, 7) is 0.687. The Morgan fingerprint density at radius 1 is 1.32 bits per heavy atom. The lowest BCUT2D eigenvalue weighted by molar-refractivity contribution is -0.0338. The fourth-order valence-corrected chi connectivity index (χ4v) is 5.72. The second-order valence-electron chi connectivity index (χ2n) is 6.96. The van der Waals surface area contributed by atoms with Crippen LogP contribution in [0.25, 0.3) is 0 Å². The van der Waals surface area contributed by atoms with Crippen LogP contribution in [0.15, 0.2) is 24.4 Å². The summed E-state index contributed by atoms with van der Waals surface area (Å²) in [7, 11) is -3.96. The molecule has 0 aromatic carbocycles. The number of hydrogen-bond donors (Lipinski definition) is 1. The van der Waals surface area contributed by atoms with Gasteiger partial charge in [-0.05, 0) is 31.4 Å². The van der Waals surface area contributed by atoms with Crippen LogP contribution in [-0.4, -0.2) is 35.9 Å². The molecule has 3 aliphatic rings. The molecule has 3 atom stereocenters. The zero-order valence-electron chi connectivity index (χ0n) is 12.4. The third-order valence-corrected chi connectivity index (χ3v) is 6.71. The van der Waals surface area contributed by atoms with E-state index in [2.05, 4.69) is 4.98 Å². The van der Waals surface area contributed by atoms with Crippen LogP contribution >= 0.6 is 0 Å². The summed E-state index contributed by atoms with van der Waals surface area (Å²) in [5.74, 6) is 0.480. The van der Waals surface area contributed by atoms with Crippen LogP contribution < -0.4 is 0 Å². The van der Waals surface area contributed by atoms with Crippen LogP contribution in [-0.2, 0) is 20.3 Å². The molecule has 1 saturated heterocycles. The molecule has 0 amide bonds. The highest BCUT2D eigenvalue weighted by Crippen LogP contribution is 2.72. The van der Waals surface area contributed by atoms with E-state index in [0.717, 1.165) is 18.5 Å². The average molecular weight is 323 g/mol. The second kappa shape index (κ2) is 4.76. The van der Waals surface area contributed by atoms with Gasteiger partial charge in [-0.15, -0.1) is 0 Å². The Hall–Kier alpha value is -0.980. The maximum atomic E-state index is 11.3. The third kappa shape index (κ3) is 2.04. The Morgan fingerprint density at radius 3 is 2.73 bits per heavy atom. The van der Waals surface area contributed by atoms with E-state index < -0.39 is 10.1 Å². The number of fused-ring (bicyclic) bond motifs is 2. The van der Waals surface area contributed by atoms with Crippen molar-refractivity contribution in [3.05, 3.63) is 30.1 Å². The van der Waals surface area contributed by atoms with Gasteiger partial charge in [0.2, 0.25) is 0 Å². The van der Waals surface area contributed by atoms with Gasteiger partial charge in [-0.3, -0.25) is 9.54 Å². The van der Waals surface area contributed by atoms with Crippen molar-refractivity contribution >= 4 is 10.1 Å². The average Bonchev–Trinajstić information content (AvgIpc) is 2.80. The molecule has 1 N–H and O–H groups in total. The number of nitrogens with zero attached hydrogens (tertiary/aromatic N) is 1. The van der Waals surface area contributed by atoms with Crippen LogP contribution in [0, 0.1) is 11.8 Å². The number of hydrogen-bond acceptors (Lipinski definition) is 4. The van der Waals surface area contributed by atoms with Crippen molar-refractivity contribution in [2.24, 2.45) is 11.8 Å².